The van der Waals surface area contributed by atoms with Crippen LogP contribution in [0.25, 0.3) is 0 Å². The first-order valence-corrected chi connectivity index (χ1v) is 2.52. The van der Waals surface area contributed by atoms with E-state index in [2.05, 4.69) is 0 Å². The Kier molecular flexibility index (Phi) is 9.96. The Balaban J connectivity index is 0. The van der Waals surface area contributed by atoms with Crippen LogP contribution >= 0.6 is 0 Å². The van der Waals surface area contributed by atoms with Crippen molar-refractivity contribution in [1.82, 2.24) is 0 Å². The number of carboxylic acid groups (broad SMARTS) is 1. The van der Waals surface area contributed by atoms with Gasteiger partial charge in [-0.3, -0.25) is 4.79 Å². The Morgan fingerprint density at radius 3 is 2.40 bits per heavy atom. The minimum Gasteiger partial charge on any atom is -0.566 e. The fourth-order valence-corrected chi connectivity index (χ4v) is 0.407. The van der Waals surface area contributed by atoms with Crippen LogP contribution in [0.15, 0.2) is 0 Å². The molecule has 0 aromatic carbocycles. The quantitative estimate of drug-likeness (QED) is 0.573. The van der Waals surface area contributed by atoms with Gasteiger partial charge in [-0.2, -0.15) is 0 Å². The zero-order chi connectivity index (χ0) is 7.28. The molecular formula is C5H9O4Y+2. The first kappa shape index (κ1) is 13.1. The maximum Gasteiger partial charge on any atom is 3.00 e. The molecule has 0 amide bonds. The molecule has 0 radical (unpaired) electrons. The van der Waals surface area contributed by atoms with Gasteiger partial charge in [0.25, 0.3) is 0 Å². The largest absolute Gasteiger partial charge is 3.00 e. The molecule has 0 aromatic rings. The van der Waals surface area contributed by atoms with Gasteiger partial charge in [-0.1, -0.05) is 0 Å². The number of hydrogen-bond donors (Lipinski definition) is 3. The molecule has 1 unspecified atom stereocenters. The summed E-state index contributed by atoms with van der Waals surface area (Å²) in [6, 6.07) is 0. The number of aliphatic hydroxyl groups excluding tert-OH is 2. The first-order chi connectivity index (χ1) is 4.16. The van der Waals surface area contributed by atoms with E-state index in [0.29, 0.717) is 0 Å². The predicted octanol–water partition coefficient (Wildman–Crippen LogP) is -0.256. The SMILES string of the molecule is O=C(O)CC(O)C[CH-]O.[Y+3]. The van der Waals surface area contributed by atoms with Gasteiger partial charge < -0.3 is 15.3 Å². The van der Waals surface area contributed by atoms with Gasteiger partial charge in [0, 0.05) is 6.10 Å². The van der Waals surface area contributed by atoms with E-state index in [4.69, 9.17) is 15.3 Å². The molecule has 10 heavy (non-hydrogen) atoms. The topological polar surface area (TPSA) is 77.8 Å². The molecule has 1 atom stereocenters. The number of hydrogen-bond acceptors (Lipinski definition) is 3. The van der Waals surface area contributed by atoms with Crippen LogP contribution in [0, 0.1) is 6.61 Å². The van der Waals surface area contributed by atoms with Crippen LogP contribution in [-0.4, -0.2) is 27.4 Å². The summed E-state index contributed by atoms with van der Waals surface area (Å²) < 4.78 is 0. The van der Waals surface area contributed by atoms with Gasteiger partial charge in [0.1, 0.15) is 0 Å². The average Bonchev–Trinajstić information content (AvgIpc) is 1.63. The summed E-state index contributed by atoms with van der Waals surface area (Å²) in [6.07, 6.45) is -1.28. The molecule has 3 N–H and O–H groups in total. The fourth-order valence-electron chi connectivity index (χ4n) is 0.407. The summed E-state index contributed by atoms with van der Waals surface area (Å²) in [5.41, 5.74) is 0. The molecule has 54 valence electrons. The summed E-state index contributed by atoms with van der Waals surface area (Å²) in [5.74, 6) is -1.07. The number of rotatable bonds is 4. The molecule has 0 aliphatic carbocycles. The molecule has 0 fully saturated rings. The van der Waals surface area contributed by atoms with E-state index in [1.54, 1.807) is 0 Å². The van der Waals surface area contributed by atoms with E-state index in [1.807, 2.05) is 0 Å². The van der Waals surface area contributed by atoms with E-state index in [-0.39, 0.29) is 45.6 Å². The molecular weight excluding hydrogens is 213 g/mol. The van der Waals surface area contributed by atoms with Crippen molar-refractivity contribution in [2.24, 2.45) is 0 Å². The maximum atomic E-state index is 9.83. The fraction of sp³-hybridized carbons (Fsp3) is 0.600. The van der Waals surface area contributed by atoms with Gasteiger partial charge in [-0.25, -0.2) is 6.61 Å². The van der Waals surface area contributed by atoms with Crippen LogP contribution in [-0.2, 0) is 37.5 Å². The predicted molar refractivity (Wildman–Crippen MR) is 29.1 cm³/mol. The first-order valence-electron chi connectivity index (χ1n) is 2.52. The molecule has 0 heterocycles. The van der Waals surface area contributed by atoms with Gasteiger partial charge in [0.2, 0.25) is 0 Å². The number of aliphatic carboxylic acids is 1. The van der Waals surface area contributed by atoms with Crippen LogP contribution in [0.5, 0.6) is 0 Å². The third kappa shape index (κ3) is 8.49. The Bertz CT molecular complexity index is 95.6. The van der Waals surface area contributed by atoms with Gasteiger partial charge in [-0.05, 0) is 0 Å². The minimum atomic E-state index is -1.07. The van der Waals surface area contributed by atoms with Crippen LogP contribution in [0.4, 0.5) is 0 Å². The smallest absolute Gasteiger partial charge is 0.566 e. The molecule has 0 rings (SSSR count). The summed E-state index contributed by atoms with van der Waals surface area (Å²) in [7, 11) is 0. The van der Waals surface area contributed by atoms with Crippen LogP contribution < -0.4 is 0 Å². The summed E-state index contributed by atoms with van der Waals surface area (Å²) >= 11 is 0. The van der Waals surface area contributed by atoms with Crippen molar-refractivity contribution >= 4 is 5.97 Å². The third-order valence-corrected chi connectivity index (χ3v) is 0.788. The Hall–Kier alpha value is 0.494. The van der Waals surface area contributed by atoms with Crippen molar-refractivity contribution in [1.29, 1.82) is 0 Å². The van der Waals surface area contributed by atoms with Crippen LogP contribution in [0.2, 0.25) is 0 Å². The molecule has 0 saturated carbocycles. The standard InChI is InChI=1S/C5H9O4.Y/c6-2-1-4(7)3-5(8)9;/h2,4,6-7H,1,3H2,(H,8,9);/q-1;+3. The average molecular weight is 222 g/mol. The molecule has 5 heteroatoms. The van der Waals surface area contributed by atoms with Crippen molar-refractivity contribution in [3.05, 3.63) is 6.61 Å². The molecule has 0 aromatic heterocycles. The van der Waals surface area contributed by atoms with E-state index in [0.717, 1.165) is 6.61 Å². The molecule has 0 saturated heterocycles. The Morgan fingerprint density at radius 1 is 1.60 bits per heavy atom. The monoisotopic (exact) mass is 222 g/mol. The van der Waals surface area contributed by atoms with E-state index in [9.17, 15) is 4.79 Å². The second kappa shape index (κ2) is 7.60. The number of aliphatic hydroxyl groups is 2. The molecule has 0 bridgehead atoms. The third-order valence-electron chi connectivity index (χ3n) is 0.788. The van der Waals surface area contributed by atoms with Crippen molar-refractivity contribution in [3.8, 4) is 0 Å². The molecule has 0 aliphatic heterocycles. The second-order valence-electron chi connectivity index (χ2n) is 1.67. The van der Waals surface area contributed by atoms with E-state index < -0.39 is 12.1 Å². The zero-order valence-electron chi connectivity index (χ0n) is 5.40. The van der Waals surface area contributed by atoms with Gasteiger partial charge in [0.15, 0.2) is 0 Å². The summed E-state index contributed by atoms with van der Waals surface area (Å²) in [5, 5.41) is 24.8. The summed E-state index contributed by atoms with van der Waals surface area (Å²) in [6.45, 7) is 0.744. The van der Waals surface area contributed by atoms with E-state index >= 15 is 0 Å². The number of carbonyl (C=O) groups is 1. The second-order valence-corrected chi connectivity index (χ2v) is 1.67. The Morgan fingerprint density at radius 2 is 2.10 bits per heavy atom. The number of carboxylic acids is 1. The molecule has 4 nitrogen and oxygen atoms in total. The summed E-state index contributed by atoms with van der Waals surface area (Å²) in [4.78, 5) is 9.83. The Labute approximate surface area is 84.1 Å². The van der Waals surface area contributed by atoms with E-state index in [1.165, 1.54) is 0 Å². The minimum absolute atomic E-state index is 0. The normalized spacial score (nSPS) is 11.8. The van der Waals surface area contributed by atoms with Gasteiger partial charge in [-0.15, -0.1) is 6.42 Å². The van der Waals surface area contributed by atoms with Crippen LogP contribution in [0.1, 0.15) is 12.8 Å². The van der Waals surface area contributed by atoms with Crippen molar-refractivity contribution in [2.75, 3.05) is 0 Å². The zero-order valence-corrected chi connectivity index (χ0v) is 8.23. The van der Waals surface area contributed by atoms with Gasteiger partial charge in [0.05, 0.1) is 6.42 Å². The molecule has 0 aliphatic rings. The van der Waals surface area contributed by atoms with Crippen molar-refractivity contribution < 1.29 is 52.8 Å². The maximum absolute atomic E-state index is 9.83. The van der Waals surface area contributed by atoms with Crippen LogP contribution in [0.3, 0.4) is 0 Å². The molecule has 0 spiro atoms. The van der Waals surface area contributed by atoms with Gasteiger partial charge >= 0.3 is 38.7 Å². The van der Waals surface area contributed by atoms with Crippen molar-refractivity contribution in [2.45, 2.75) is 18.9 Å². The van der Waals surface area contributed by atoms with Crippen molar-refractivity contribution in [3.63, 3.8) is 0 Å².